The van der Waals surface area contributed by atoms with Crippen LogP contribution in [0.4, 0.5) is 11.5 Å². The Kier molecular flexibility index (Phi) is 4.54. The molecule has 0 aliphatic rings. The molecule has 134 valence electrons. The highest BCUT2D eigenvalue weighted by Gasteiger charge is 2.13. The summed E-state index contributed by atoms with van der Waals surface area (Å²) in [5, 5.41) is 16.2. The number of aromatic nitrogens is 3. The second-order valence-corrected chi connectivity index (χ2v) is 6.31. The summed E-state index contributed by atoms with van der Waals surface area (Å²) in [4.78, 5) is 22.0. The van der Waals surface area contributed by atoms with Gasteiger partial charge in [0, 0.05) is 12.3 Å². The molecule has 2 N–H and O–H groups in total. The highest BCUT2D eigenvalue weighted by atomic mass is 32.2. The molecule has 0 spiro atoms. The predicted octanol–water partition coefficient (Wildman–Crippen LogP) is 4.06. The zero-order valence-electron chi connectivity index (χ0n) is 13.7. The first-order valence-electron chi connectivity index (χ1n) is 7.80. The SMILES string of the molecule is O=[N+]([O-])c1cccnc1N/N=C\c1ccc(Sc2nc3ccccc3[nH]2)o1. The summed E-state index contributed by atoms with van der Waals surface area (Å²) in [6.07, 6.45) is 2.86. The number of nitrogens with one attached hydrogen (secondary N) is 2. The van der Waals surface area contributed by atoms with E-state index in [1.165, 1.54) is 36.3 Å². The number of fused-ring (bicyclic) bond motifs is 1. The fourth-order valence-corrected chi connectivity index (χ4v) is 3.09. The fraction of sp³-hybridized carbons (Fsp3) is 0. The van der Waals surface area contributed by atoms with Gasteiger partial charge in [0.1, 0.15) is 5.76 Å². The lowest BCUT2D eigenvalue weighted by Gasteiger charge is -1.99. The van der Waals surface area contributed by atoms with E-state index in [9.17, 15) is 10.1 Å². The number of anilines is 1. The summed E-state index contributed by atoms with van der Waals surface area (Å²) < 4.78 is 5.66. The molecular formula is C17H12N6O3S. The second-order valence-electron chi connectivity index (χ2n) is 5.32. The van der Waals surface area contributed by atoms with Crippen LogP contribution >= 0.6 is 11.8 Å². The smallest absolute Gasteiger partial charge is 0.313 e. The van der Waals surface area contributed by atoms with Gasteiger partial charge < -0.3 is 9.40 Å². The molecule has 0 atom stereocenters. The zero-order valence-corrected chi connectivity index (χ0v) is 14.5. The minimum atomic E-state index is -0.528. The molecule has 27 heavy (non-hydrogen) atoms. The lowest BCUT2D eigenvalue weighted by molar-refractivity contribution is -0.384. The summed E-state index contributed by atoms with van der Waals surface area (Å²) in [5.41, 5.74) is 4.23. The van der Waals surface area contributed by atoms with Crippen LogP contribution in [0.25, 0.3) is 11.0 Å². The van der Waals surface area contributed by atoms with Crippen molar-refractivity contribution >= 4 is 40.5 Å². The molecule has 0 saturated carbocycles. The molecular weight excluding hydrogens is 368 g/mol. The molecule has 10 heteroatoms. The third kappa shape index (κ3) is 3.80. The van der Waals surface area contributed by atoms with Crippen LogP contribution in [0.2, 0.25) is 0 Å². The quantitative estimate of drug-likeness (QED) is 0.294. The fourth-order valence-electron chi connectivity index (χ4n) is 2.32. The van der Waals surface area contributed by atoms with Crippen LogP contribution in [0.5, 0.6) is 0 Å². The monoisotopic (exact) mass is 380 g/mol. The van der Waals surface area contributed by atoms with Crippen molar-refractivity contribution in [3.05, 3.63) is 70.6 Å². The number of hydrogen-bond acceptors (Lipinski definition) is 8. The standard InChI is InChI=1S/C17H12N6O3S/c24-23(25)14-6-3-9-18-16(14)22-19-10-11-7-8-15(26-11)27-17-20-12-4-1-2-5-13(12)21-17/h1-10H,(H,18,22)(H,20,21)/b19-10-. The Hall–Kier alpha value is -3.66. The van der Waals surface area contributed by atoms with Crippen molar-refractivity contribution in [3.63, 3.8) is 0 Å². The summed E-state index contributed by atoms with van der Waals surface area (Å²) in [6.45, 7) is 0. The number of imidazole rings is 1. The van der Waals surface area contributed by atoms with Crippen LogP contribution in [-0.2, 0) is 0 Å². The van der Waals surface area contributed by atoms with Crippen LogP contribution in [0.15, 0.2) is 74.5 Å². The van der Waals surface area contributed by atoms with Gasteiger partial charge in [-0.05, 0) is 42.1 Å². The summed E-state index contributed by atoms with van der Waals surface area (Å²) in [6, 6.07) is 14.1. The van der Waals surface area contributed by atoms with E-state index in [1.807, 2.05) is 24.3 Å². The van der Waals surface area contributed by atoms with E-state index in [1.54, 1.807) is 12.1 Å². The molecule has 0 radical (unpaired) electrons. The minimum Gasteiger partial charge on any atom is -0.448 e. The van der Waals surface area contributed by atoms with E-state index in [-0.39, 0.29) is 11.5 Å². The van der Waals surface area contributed by atoms with Gasteiger partial charge >= 0.3 is 5.69 Å². The Bertz CT molecular complexity index is 1100. The van der Waals surface area contributed by atoms with Gasteiger partial charge in [0.2, 0.25) is 5.82 Å². The first-order valence-corrected chi connectivity index (χ1v) is 8.61. The van der Waals surface area contributed by atoms with Gasteiger partial charge in [-0.1, -0.05) is 12.1 Å². The average molecular weight is 380 g/mol. The van der Waals surface area contributed by atoms with Gasteiger partial charge in [-0.25, -0.2) is 9.97 Å². The molecule has 0 amide bonds. The Morgan fingerprint density at radius 2 is 2.11 bits per heavy atom. The topological polar surface area (TPSA) is 122 Å². The van der Waals surface area contributed by atoms with Gasteiger partial charge in [0.15, 0.2) is 10.2 Å². The maximum Gasteiger partial charge on any atom is 0.313 e. The molecule has 0 unspecified atom stereocenters. The molecule has 4 aromatic rings. The largest absolute Gasteiger partial charge is 0.448 e. The highest BCUT2D eigenvalue weighted by Crippen LogP contribution is 2.28. The van der Waals surface area contributed by atoms with Crippen LogP contribution in [-0.4, -0.2) is 26.1 Å². The lowest BCUT2D eigenvalue weighted by atomic mass is 10.3. The molecule has 3 heterocycles. The van der Waals surface area contributed by atoms with Gasteiger partial charge in [0.05, 0.1) is 22.2 Å². The van der Waals surface area contributed by atoms with Crippen LogP contribution in [0.1, 0.15) is 5.76 Å². The van der Waals surface area contributed by atoms with Crippen molar-refractivity contribution in [1.29, 1.82) is 0 Å². The van der Waals surface area contributed by atoms with Gasteiger partial charge in [0.25, 0.3) is 0 Å². The molecule has 4 rings (SSSR count). The first-order chi connectivity index (χ1) is 13.2. The van der Waals surface area contributed by atoms with E-state index in [0.29, 0.717) is 10.9 Å². The number of rotatable bonds is 6. The lowest BCUT2D eigenvalue weighted by Crippen LogP contribution is -1.98. The predicted molar refractivity (Wildman–Crippen MR) is 101 cm³/mol. The van der Waals surface area contributed by atoms with Crippen molar-refractivity contribution in [1.82, 2.24) is 15.0 Å². The number of furan rings is 1. The molecule has 0 saturated heterocycles. The van der Waals surface area contributed by atoms with Crippen LogP contribution < -0.4 is 5.43 Å². The van der Waals surface area contributed by atoms with E-state index in [2.05, 4.69) is 25.5 Å². The third-order valence-corrected chi connectivity index (χ3v) is 4.32. The molecule has 3 aromatic heterocycles. The Morgan fingerprint density at radius 3 is 2.96 bits per heavy atom. The summed E-state index contributed by atoms with van der Waals surface area (Å²) >= 11 is 1.35. The van der Waals surface area contributed by atoms with Crippen LogP contribution in [0.3, 0.4) is 0 Å². The number of pyridine rings is 1. The van der Waals surface area contributed by atoms with E-state index in [0.717, 1.165) is 16.2 Å². The van der Waals surface area contributed by atoms with E-state index in [4.69, 9.17) is 4.42 Å². The van der Waals surface area contributed by atoms with Crippen LogP contribution in [0, 0.1) is 10.1 Å². The Labute approximate surface area is 156 Å². The summed E-state index contributed by atoms with van der Waals surface area (Å²) in [7, 11) is 0. The molecule has 0 aliphatic heterocycles. The maximum absolute atomic E-state index is 10.9. The van der Waals surface area contributed by atoms with Gasteiger partial charge in [-0.15, -0.1) is 0 Å². The van der Waals surface area contributed by atoms with Gasteiger partial charge in [-0.2, -0.15) is 5.10 Å². The van der Waals surface area contributed by atoms with Crippen molar-refractivity contribution in [3.8, 4) is 0 Å². The Balaban J connectivity index is 1.43. The van der Waals surface area contributed by atoms with Crippen molar-refractivity contribution in [2.45, 2.75) is 10.2 Å². The maximum atomic E-state index is 10.9. The summed E-state index contributed by atoms with van der Waals surface area (Å²) in [5.74, 6) is 0.543. The first kappa shape index (κ1) is 16.8. The second kappa shape index (κ2) is 7.30. The zero-order chi connectivity index (χ0) is 18.6. The van der Waals surface area contributed by atoms with E-state index >= 15 is 0 Å². The number of para-hydroxylation sites is 2. The van der Waals surface area contributed by atoms with Crippen molar-refractivity contribution in [2.24, 2.45) is 5.10 Å². The number of hydrogen-bond donors (Lipinski definition) is 2. The molecule has 0 fully saturated rings. The minimum absolute atomic E-state index is 0.0576. The number of aromatic amines is 1. The van der Waals surface area contributed by atoms with Gasteiger partial charge in [-0.3, -0.25) is 15.5 Å². The number of hydrazone groups is 1. The average Bonchev–Trinajstić information content (AvgIpc) is 3.28. The number of benzene rings is 1. The molecule has 0 bridgehead atoms. The molecule has 9 nitrogen and oxygen atoms in total. The van der Waals surface area contributed by atoms with Crippen molar-refractivity contribution < 1.29 is 9.34 Å². The number of H-pyrrole nitrogens is 1. The number of nitrogens with zero attached hydrogens (tertiary/aromatic N) is 4. The molecule has 1 aromatic carbocycles. The number of nitro groups is 1. The normalized spacial score (nSPS) is 11.3. The Morgan fingerprint density at radius 1 is 1.22 bits per heavy atom. The third-order valence-electron chi connectivity index (χ3n) is 3.51. The highest BCUT2D eigenvalue weighted by molar-refractivity contribution is 7.99. The molecule has 0 aliphatic carbocycles. The van der Waals surface area contributed by atoms with Crippen molar-refractivity contribution in [2.75, 3.05) is 5.43 Å². The van der Waals surface area contributed by atoms with E-state index < -0.39 is 4.92 Å².